The van der Waals surface area contributed by atoms with E-state index in [1.807, 2.05) is 19.1 Å². The average molecular weight is 239 g/mol. The molecule has 0 aliphatic rings. The van der Waals surface area contributed by atoms with Crippen LogP contribution in [0, 0.1) is 12.7 Å². The van der Waals surface area contributed by atoms with E-state index in [1.165, 1.54) is 12.1 Å². The lowest BCUT2D eigenvalue weighted by Gasteiger charge is -2.08. The number of furan rings is 1. The second kappa shape index (κ2) is 4.71. The first-order valence-electron chi connectivity index (χ1n) is 5.09. The van der Waals surface area contributed by atoms with Crippen LogP contribution in [0.5, 0.6) is 0 Å². The van der Waals surface area contributed by atoms with Gasteiger partial charge < -0.3 is 4.42 Å². The molecule has 0 spiro atoms. The molecule has 2 aromatic rings. The smallest absolute Gasteiger partial charge is 0.124 e. The molecule has 0 radical (unpaired) electrons. The van der Waals surface area contributed by atoms with E-state index in [9.17, 15) is 4.39 Å². The minimum absolute atomic E-state index is 0.238. The lowest BCUT2D eigenvalue weighted by atomic mass is 10.1. The summed E-state index contributed by atoms with van der Waals surface area (Å²) in [5.74, 6) is 0.517. The van der Waals surface area contributed by atoms with Gasteiger partial charge in [-0.3, -0.25) is 0 Å². The van der Waals surface area contributed by atoms with E-state index < -0.39 is 0 Å². The molecule has 0 aliphatic heterocycles. The van der Waals surface area contributed by atoms with Gasteiger partial charge in [-0.2, -0.15) is 0 Å². The molecule has 0 N–H and O–H groups in total. The van der Waals surface area contributed by atoms with Gasteiger partial charge in [0.15, 0.2) is 0 Å². The molecular weight excluding hydrogens is 227 g/mol. The van der Waals surface area contributed by atoms with Crippen molar-refractivity contribution < 1.29 is 8.81 Å². The fraction of sp³-hybridized carbons (Fsp3) is 0.231. The SMILES string of the molecule is Cc1ccoc1C(Cl)Cc1cccc(F)c1. The van der Waals surface area contributed by atoms with Gasteiger partial charge in [0.25, 0.3) is 0 Å². The van der Waals surface area contributed by atoms with Crippen molar-refractivity contribution in [3.8, 4) is 0 Å². The number of halogens is 2. The maximum atomic E-state index is 13.0. The van der Waals surface area contributed by atoms with Crippen molar-refractivity contribution in [1.29, 1.82) is 0 Å². The van der Waals surface area contributed by atoms with Gasteiger partial charge in [-0.1, -0.05) is 12.1 Å². The van der Waals surface area contributed by atoms with E-state index in [4.69, 9.17) is 16.0 Å². The highest BCUT2D eigenvalue weighted by Crippen LogP contribution is 2.28. The number of aryl methyl sites for hydroxylation is 1. The Morgan fingerprint density at radius 2 is 2.19 bits per heavy atom. The predicted molar refractivity (Wildman–Crippen MR) is 62.1 cm³/mol. The van der Waals surface area contributed by atoms with E-state index >= 15 is 0 Å². The van der Waals surface area contributed by atoms with Crippen molar-refractivity contribution >= 4 is 11.6 Å². The number of hydrogen-bond acceptors (Lipinski definition) is 1. The van der Waals surface area contributed by atoms with Crippen molar-refractivity contribution in [3.63, 3.8) is 0 Å². The van der Waals surface area contributed by atoms with Crippen LogP contribution >= 0.6 is 11.6 Å². The molecule has 1 atom stereocenters. The van der Waals surface area contributed by atoms with Gasteiger partial charge in [-0.05, 0) is 42.7 Å². The highest BCUT2D eigenvalue weighted by molar-refractivity contribution is 6.20. The summed E-state index contributed by atoms with van der Waals surface area (Å²) in [5.41, 5.74) is 1.90. The fourth-order valence-corrected chi connectivity index (χ4v) is 2.07. The van der Waals surface area contributed by atoms with Gasteiger partial charge >= 0.3 is 0 Å². The molecular formula is C13H12ClFO. The Hall–Kier alpha value is -1.28. The maximum Gasteiger partial charge on any atom is 0.124 e. The van der Waals surface area contributed by atoms with Gasteiger partial charge in [0.2, 0.25) is 0 Å². The highest BCUT2D eigenvalue weighted by Gasteiger charge is 2.14. The Balaban J connectivity index is 2.14. The number of rotatable bonds is 3. The van der Waals surface area contributed by atoms with Crippen LogP contribution in [0.4, 0.5) is 4.39 Å². The van der Waals surface area contributed by atoms with Crippen LogP contribution in [-0.2, 0) is 6.42 Å². The van der Waals surface area contributed by atoms with E-state index in [-0.39, 0.29) is 11.2 Å². The van der Waals surface area contributed by atoms with E-state index in [0.717, 1.165) is 16.9 Å². The zero-order chi connectivity index (χ0) is 11.5. The van der Waals surface area contributed by atoms with Crippen molar-refractivity contribution in [2.24, 2.45) is 0 Å². The van der Waals surface area contributed by atoms with Gasteiger partial charge in [-0.15, -0.1) is 11.6 Å². The topological polar surface area (TPSA) is 13.1 Å². The van der Waals surface area contributed by atoms with Crippen LogP contribution in [0.1, 0.15) is 22.3 Å². The van der Waals surface area contributed by atoms with Gasteiger partial charge in [-0.25, -0.2) is 4.39 Å². The van der Waals surface area contributed by atoms with Crippen molar-refractivity contribution in [2.75, 3.05) is 0 Å². The molecule has 2 rings (SSSR count). The summed E-state index contributed by atoms with van der Waals surface area (Å²) >= 11 is 6.22. The lowest BCUT2D eigenvalue weighted by Crippen LogP contribution is -1.96. The summed E-state index contributed by atoms with van der Waals surface area (Å²) in [4.78, 5) is 0. The molecule has 0 saturated carbocycles. The fourth-order valence-electron chi connectivity index (χ4n) is 1.67. The maximum absolute atomic E-state index is 13.0. The van der Waals surface area contributed by atoms with Crippen LogP contribution in [0.15, 0.2) is 41.0 Å². The molecule has 0 bridgehead atoms. The molecule has 0 aliphatic carbocycles. The molecule has 1 nitrogen and oxygen atoms in total. The second-order valence-corrected chi connectivity index (χ2v) is 4.30. The molecule has 1 aromatic carbocycles. The van der Waals surface area contributed by atoms with Crippen LogP contribution in [0.25, 0.3) is 0 Å². The van der Waals surface area contributed by atoms with Crippen LogP contribution < -0.4 is 0 Å². The minimum Gasteiger partial charge on any atom is -0.467 e. The van der Waals surface area contributed by atoms with Crippen molar-refractivity contribution in [3.05, 3.63) is 59.3 Å². The summed E-state index contributed by atoms with van der Waals surface area (Å²) in [6.07, 6.45) is 2.18. The molecule has 1 unspecified atom stereocenters. The third-order valence-corrected chi connectivity index (χ3v) is 2.84. The molecule has 1 heterocycles. The first kappa shape index (κ1) is 11.2. The van der Waals surface area contributed by atoms with Gasteiger partial charge in [0.05, 0.1) is 11.6 Å². The zero-order valence-corrected chi connectivity index (χ0v) is 9.67. The first-order valence-corrected chi connectivity index (χ1v) is 5.53. The Morgan fingerprint density at radius 1 is 1.38 bits per heavy atom. The summed E-state index contributed by atoms with van der Waals surface area (Å²) in [7, 11) is 0. The summed E-state index contributed by atoms with van der Waals surface area (Å²) in [6.45, 7) is 1.94. The van der Waals surface area contributed by atoms with Crippen LogP contribution in [0.2, 0.25) is 0 Å². The van der Waals surface area contributed by atoms with Gasteiger partial charge in [0, 0.05) is 0 Å². The third kappa shape index (κ3) is 2.45. The molecule has 0 saturated heterocycles. The van der Waals surface area contributed by atoms with Gasteiger partial charge in [0.1, 0.15) is 11.6 Å². The van der Waals surface area contributed by atoms with E-state index in [0.29, 0.717) is 6.42 Å². The Bertz CT molecular complexity index is 478. The van der Waals surface area contributed by atoms with Crippen molar-refractivity contribution in [2.45, 2.75) is 18.7 Å². The zero-order valence-electron chi connectivity index (χ0n) is 8.91. The first-order chi connectivity index (χ1) is 7.66. The number of hydrogen-bond donors (Lipinski definition) is 0. The molecule has 16 heavy (non-hydrogen) atoms. The second-order valence-electron chi connectivity index (χ2n) is 3.77. The Labute approximate surface area is 98.8 Å². The lowest BCUT2D eigenvalue weighted by molar-refractivity contribution is 0.499. The number of benzene rings is 1. The predicted octanol–water partition coefficient (Wildman–Crippen LogP) is 4.25. The summed E-state index contributed by atoms with van der Waals surface area (Å²) in [6, 6.07) is 8.33. The van der Waals surface area contributed by atoms with Crippen LogP contribution in [-0.4, -0.2) is 0 Å². The van der Waals surface area contributed by atoms with Crippen LogP contribution in [0.3, 0.4) is 0 Å². The van der Waals surface area contributed by atoms with Crippen molar-refractivity contribution in [1.82, 2.24) is 0 Å². The molecule has 1 aromatic heterocycles. The average Bonchev–Trinajstić information content (AvgIpc) is 2.64. The Kier molecular flexibility index (Phi) is 3.30. The number of alkyl halides is 1. The largest absolute Gasteiger partial charge is 0.467 e. The summed E-state index contributed by atoms with van der Waals surface area (Å²) < 4.78 is 18.3. The molecule has 0 amide bonds. The normalized spacial score (nSPS) is 12.7. The monoisotopic (exact) mass is 238 g/mol. The van der Waals surface area contributed by atoms with E-state index in [1.54, 1.807) is 12.3 Å². The molecule has 84 valence electrons. The standard InChI is InChI=1S/C13H12ClFO/c1-9-5-6-16-13(9)12(14)8-10-3-2-4-11(15)7-10/h2-7,12H,8H2,1H3. The Morgan fingerprint density at radius 3 is 2.81 bits per heavy atom. The third-order valence-electron chi connectivity index (χ3n) is 2.49. The van der Waals surface area contributed by atoms with E-state index in [2.05, 4.69) is 0 Å². The molecule has 0 fully saturated rings. The quantitative estimate of drug-likeness (QED) is 0.729. The molecule has 3 heteroatoms. The highest BCUT2D eigenvalue weighted by atomic mass is 35.5. The summed E-state index contributed by atoms with van der Waals surface area (Å²) in [5, 5.41) is -0.253. The minimum atomic E-state index is -0.253.